The van der Waals surface area contributed by atoms with Crippen molar-refractivity contribution in [1.29, 1.82) is 0 Å². The number of aromatic nitrogens is 2. The molecule has 1 aliphatic carbocycles. The molecule has 1 aromatic carbocycles. The molecular weight excluding hydrogens is 394 g/mol. The minimum atomic E-state index is 0.0160. The first-order chi connectivity index (χ1) is 15.1. The van der Waals surface area contributed by atoms with Gasteiger partial charge in [0, 0.05) is 43.4 Å². The second-order valence-corrected chi connectivity index (χ2v) is 8.29. The minimum absolute atomic E-state index is 0.0160. The number of hydrogen-bond donors (Lipinski definition) is 2. The second kappa shape index (κ2) is 9.85. The molecule has 2 heterocycles. The monoisotopic (exact) mass is 425 g/mol. The summed E-state index contributed by atoms with van der Waals surface area (Å²) in [6.07, 6.45) is 7.67. The first-order valence-corrected chi connectivity index (χ1v) is 11.0. The Kier molecular flexibility index (Phi) is 6.74. The highest BCUT2D eigenvalue weighted by Gasteiger charge is 2.24. The summed E-state index contributed by atoms with van der Waals surface area (Å²) in [5.74, 6) is 3.61. The van der Waals surface area contributed by atoms with Gasteiger partial charge in [-0.05, 0) is 50.2 Å². The Morgan fingerprint density at radius 1 is 1.13 bits per heavy atom. The molecule has 1 saturated heterocycles. The number of benzene rings is 1. The molecule has 0 bridgehead atoms. The zero-order valence-electron chi connectivity index (χ0n) is 18.3. The smallest absolute Gasteiger partial charge is 0.224 e. The van der Waals surface area contributed by atoms with Gasteiger partial charge in [-0.1, -0.05) is 0 Å². The van der Waals surface area contributed by atoms with Crippen molar-refractivity contribution in [1.82, 2.24) is 9.97 Å². The Bertz CT molecular complexity index is 903. The van der Waals surface area contributed by atoms with Crippen LogP contribution in [0.4, 0.5) is 17.3 Å². The van der Waals surface area contributed by atoms with Gasteiger partial charge < -0.3 is 25.0 Å². The molecule has 1 saturated carbocycles. The summed E-state index contributed by atoms with van der Waals surface area (Å²) in [5.41, 5.74) is 0.713. The van der Waals surface area contributed by atoms with Crippen LogP contribution in [0.3, 0.4) is 0 Å². The van der Waals surface area contributed by atoms with Crippen LogP contribution in [0.25, 0.3) is 0 Å². The first-order valence-electron chi connectivity index (χ1n) is 11.0. The molecule has 2 aliphatic rings. The van der Waals surface area contributed by atoms with Crippen LogP contribution in [0, 0.1) is 5.92 Å². The minimum Gasteiger partial charge on any atom is -0.493 e. The molecule has 0 spiro atoms. The Morgan fingerprint density at radius 3 is 2.74 bits per heavy atom. The summed E-state index contributed by atoms with van der Waals surface area (Å²) >= 11 is 0. The molecular formula is C23H31N5O3. The number of rotatable bonds is 9. The largest absolute Gasteiger partial charge is 0.493 e. The molecule has 2 N–H and O–H groups in total. The van der Waals surface area contributed by atoms with E-state index in [1.165, 1.54) is 12.8 Å². The second-order valence-electron chi connectivity index (χ2n) is 8.29. The third-order valence-corrected chi connectivity index (χ3v) is 5.87. The third-order valence-electron chi connectivity index (χ3n) is 5.87. The maximum atomic E-state index is 12.5. The lowest BCUT2D eigenvalue weighted by molar-refractivity contribution is -0.116. The van der Waals surface area contributed by atoms with Crippen molar-refractivity contribution < 1.29 is 14.3 Å². The van der Waals surface area contributed by atoms with Gasteiger partial charge in [0.1, 0.15) is 18.0 Å². The van der Waals surface area contributed by atoms with Gasteiger partial charge in [-0.2, -0.15) is 0 Å². The van der Waals surface area contributed by atoms with Gasteiger partial charge in [-0.3, -0.25) is 4.79 Å². The van der Waals surface area contributed by atoms with E-state index in [-0.39, 0.29) is 5.91 Å². The van der Waals surface area contributed by atoms with E-state index < -0.39 is 0 Å². The molecule has 166 valence electrons. The number of anilines is 3. The summed E-state index contributed by atoms with van der Waals surface area (Å²) in [6.45, 7) is 1.91. The van der Waals surface area contributed by atoms with Gasteiger partial charge in [-0.25, -0.2) is 9.97 Å². The highest BCUT2D eigenvalue weighted by molar-refractivity contribution is 5.91. The third kappa shape index (κ3) is 5.77. The van der Waals surface area contributed by atoms with Gasteiger partial charge in [-0.15, -0.1) is 0 Å². The van der Waals surface area contributed by atoms with Crippen LogP contribution in [0.5, 0.6) is 11.5 Å². The molecule has 4 rings (SSSR count). The van der Waals surface area contributed by atoms with Gasteiger partial charge in [0.15, 0.2) is 11.5 Å². The molecule has 0 unspecified atom stereocenters. The number of amides is 1. The van der Waals surface area contributed by atoms with Crippen LogP contribution in [0.2, 0.25) is 0 Å². The lowest BCUT2D eigenvalue weighted by atomic mass is 9.93. The number of methoxy groups -OCH3 is 2. The molecule has 8 heteroatoms. The molecule has 31 heavy (non-hydrogen) atoms. The number of nitrogens with one attached hydrogen (secondary N) is 2. The van der Waals surface area contributed by atoms with E-state index in [2.05, 4.69) is 25.5 Å². The SMILES string of the molecule is COc1ccc(NC(=O)CC[C@@H]2CCCN(c3cc(NC4CC4)ncn3)C2)cc1OC. The average molecular weight is 426 g/mol. The molecule has 1 aliphatic heterocycles. The van der Waals surface area contributed by atoms with Crippen LogP contribution in [-0.2, 0) is 4.79 Å². The zero-order valence-corrected chi connectivity index (χ0v) is 18.3. The molecule has 1 aromatic heterocycles. The zero-order chi connectivity index (χ0) is 21.6. The number of carbonyl (C=O) groups excluding carboxylic acids is 1. The maximum absolute atomic E-state index is 12.5. The Balaban J connectivity index is 1.28. The van der Waals surface area contributed by atoms with Crippen molar-refractivity contribution in [3.63, 3.8) is 0 Å². The molecule has 8 nitrogen and oxygen atoms in total. The standard InChI is InChI=1S/C23H31N5O3/c1-30-19-9-8-18(12-20(19)31-2)27-23(29)10-5-16-4-3-11-28(14-16)22-13-21(24-15-25-22)26-17-6-7-17/h8-9,12-13,15-17H,3-7,10-11,14H2,1-2H3,(H,27,29)(H,24,25,26)/t16-/m0/s1. The van der Waals surface area contributed by atoms with Crippen molar-refractivity contribution >= 4 is 23.2 Å². The molecule has 1 atom stereocenters. The highest BCUT2D eigenvalue weighted by Crippen LogP contribution is 2.30. The summed E-state index contributed by atoms with van der Waals surface area (Å²) in [7, 11) is 3.18. The van der Waals surface area contributed by atoms with E-state index in [1.807, 2.05) is 12.1 Å². The summed E-state index contributed by atoms with van der Waals surface area (Å²) < 4.78 is 10.5. The van der Waals surface area contributed by atoms with Crippen LogP contribution >= 0.6 is 0 Å². The molecule has 1 amide bonds. The average Bonchev–Trinajstić information content (AvgIpc) is 3.62. The van der Waals surface area contributed by atoms with Crippen LogP contribution in [-0.4, -0.2) is 49.2 Å². The predicted molar refractivity (Wildman–Crippen MR) is 121 cm³/mol. The van der Waals surface area contributed by atoms with Crippen molar-refractivity contribution in [2.45, 2.75) is 44.6 Å². The van der Waals surface area contributed by atoms with Crippen molar-refractivity contribution in [3.8, 4) is 11.5 Å². The first kappa shape index (κ1) is 21.2. The topological polar surface area (TPSA) is 88.6 Å². The maximum Gasteiger partial charge on any atom is 0.224 e. The summed E-state index contributed by atoms with van der Waals surface area (Å²) in [4.78, 5) is 23.6. The van der Waals surface area contributed by atoms with Crippen molar-refractivity contribution in [2.75, 3.05) is 42.8 Å². The van der Waals surface area contributed by atoms with Gasteiger partial charge in [0.2, 0.25) is 5.91 Å². The Labute approximate surface area is 183 Å². The van der Waals surface area contributed by atoms with Crippen molar-refractivity contribution in [3.05, 3.63) is 30.6 Å². The van der Waals surface area contributed by atoms with Crippen LogP contribution in [0.15, 0.2) is 30.6 Å². The lowest BCUT2D eigenvalue weighted by Crippen LogP contribution is -2.36. The van der Waals surface area contributed by atoms with Crippen LogP contribution < -0.4 is 25.0 Å². The molecule has 2 aromatic rings. The Hall–Kier alpha value is -3.03. The molecule has 2 fully saturated rings. The highest BCUT2D eigenvalue weighted by atomic mass is 16.5. The van der Waals surface area contributed by atoms with Gasteiger partial charge in [0.05, 0.1) is 14.2 Å². The van der Waals surface area contributed by atoms with Crippen LogP contribution in [0.1, 0.15) is 38.5 Å². The number of ether oxygens (including phenoxy) is 2. The van der Waals surface area contributed by atoms with E-state index >= 15 is 0 Å². The number of carbonyl (C=O) groups is 1. The number of nitrogens with zero attached hydrogens (tertiary/aromatic N) is 3. The van der Waals surface area contributed by atoms with E-state index in [0.29, 0.717) is 35.6 Å². The van der Waals surface area contributed by atoms with Gasteiger partial charge in [0.25, 0.3) is 0 Å². The normalized spacial score (nSPS) is 18.4. The quantitative estimate of drug-likeness (QED) is 0.633. The van der Waals surface area contributed by atoms with E-state index in [1.54, 1.807) is 32.7 Å². The number of piperidine rings is 1. The summed E-state index contributed by atoms with van der Waals surface area (Å²) in [6, 6.07) is 8.01. The Morgan fingerprint density at radius 2 is 1.97 bits per heavy atom. The van der Waals surface area contributed by atoms with E-state index in [9.17, 15) is 4.79 Å². The van der Waals surface area contributed by atoms with E-state index in [4.69, 9.17) is 9.47 Å². The van der Waals surface area contributed by atoms with Gasteiger partial charge >= 0.3 is 0 Å². The fourth-order valence-electron chi connectivity index (χ4n) is 4.02. The fraction of sp³-hybridized carbons (Fsp3) is 0.522. The van der Waals surface area contributed by atoms with Crippen molar-refractivity contribution in [2.24, 2.45) is 5.92 Å². The predicted octanol–water partition coefficient (Wildman–Crippen LogP) is 3.70. The lowest BCUT2D eigenvalue weighted by Gasteiger charge is -2.33. The summed E-state index contributed by atoms with van der Waals surface area (Å²) in [5, 5.41) is 6.40. The number of hydrogen-bond acceptors (Lipinski definition) is 7. The van der Waals surface area contributed by atoms with E-state index in [0.717, 1.165) is 44.0 Å². The fourth-order valence-corrected chi connectivity index (χ4v) is 4.02. The molecule has 0 radical (unpaired) electrons.